The summed E-state index contributed by atoms with van der Waals surface area (Å²) in [6.45, 7) is 7.46. The molecule has 4 N–H and O–H groups in total. The number of aliphatic hydroxyl groups is 1. The normalized spacial score (nSPS) is 32.7. The molecule has 3 aliphatic rings. The fourth-order valence-corrected chi connectivity index (χ4v) is 6.33. The number of benzene rings is 1. The number of fused-ring (bicyclic) bond motifs is 3. The second kappa shape index (κ2) is 8.52. The van der Waals surface area contributed by atoms with Gasteiger partial charge in [-0.2, -0.15) is 0 Å². The molecule has 8 nitrogen and oxygen atoms in total. The van der Waals surface area contributed by atoms with Gasteiger partial charge in [-0.15, -0.1) is 0 Å². The Hall–Kier alpha value is -3.13. The van der Waals surface area contributed by atoms with Crippen LogP contribution in [0.1, 0.15) is 55.6 Å². The van der Waals surface area contributed by atoms with Crippen LogP contribution in [0.4, 0.5) is 0 Å². The summed E-state index contributed by atoms with van der Waals surface area (Å²) in [5, 5.41) is 22.1. The Bertz CT molecular complexity index is 1180. The van der Waals surface area contributed by atoms with Gasteiger partial charge in [0.15, 0.2) is 34.7 Å². The van der Waals surface area contributed by atoms with E-state index in [2.05, 4.69) is 0 Å². The molecule has 0 radical (unpaired) electrons. The average Bonchev–Trinajstić information content (AvgIpc) is 2.75. The molecule has 186 valence electrons. The van der Waals surface area contributed by atoms with Crippen molar-refractivity contribution in [2.45, 2.75) is 46.1 Å². The van der Waals surface area contributed by atoms with Crippen LogP contribution in [0.3, 0.4) is 0 Å². The van der Waals surface area contributed by atoms with Crippen molar-refractivity contribution in [2.75, 3.05) is 0 Å². The number of primary amides is 1. The summed E-state index contributed by atoms with van der Waals surface area (Å²) in [7, 11) is 0. The summed E-state index contributed by atoms with van der Waals surface area (Å²) in [6.07, 6.45) is 4.18. The highest BCUT2D eigenvalue weighted by molar-refractivity contribution is 6.31. The zero-order valence-electron chi connectivity index (χ0n) is 20.3. The molecule has 3 aliphatic carbocycles. The molecule has 4 rings (SSSR count). The fourth-order valence-electron chi connectivity index (χ4n) is 6.33. The minimum Gasteiger partial charge on any atom is -0.507 e. The molecule has 0 heterocycles. The van der Waals surface area contributed by atoms with Gasteiger partial charge in [-0.05, 0) is 47.8 Å². The number of rotatable bonds is 4. The molecule has 35 heavy (non-hydrogen) atoms. The predicted molar refractivity (Wildman–Crippen MR) is 126 cm³/mol. The van der Waals surface area contributed by atoms with E-state index in [1.807, 2.05) is 26.0 Å². The summed E-state index contributed by atoms with van der Waals surface area (Å²) < 4.78 is 0. The van der Waals surface area contributed by atoms with Gasteiger partial charge in [0.2, 0.25) is 5.91 Å². The molecule has 0 aromatic heterocycles. The first kappa shape index (κ1) is 25.0. The summed E-state index contributed by atoms with van der Waals surface area (Å²) in [5.41, 5.74) is 4.04. The molecule has 0 aliphatic heterocycles. The van der Waals surface area contributed by atoms with Crippen molar-refractivity contribution in [3.8, 4) is 5.75 Å². The maximum Gasteiger partial charge on any atom is 0.235 e. The van der Waals surface area contributed by atoms with Gasteiger partial charge >= 0.3 is 0 Å². The number of aromatic hydroxyl groups is 1. The van der Waals surface area contributed by atoms with E-state index in [-0.39, 0.29) is 36.0 Å². The summed E-state index contributed by atoms with van der Waals surface area (Å²) in [4.78, 5) is 65.8. The lowest BCUT2D eigenvalue weighted by molar-refractivity contribution is -0.182. The van der Waals surface area contributed by atoms with Gasteiger partial charge in [0.05, 0.1) is 11.5 Å². The lowest BCUT2D eigenvalue weighted by Gasteiger charge is -2.52. The summed E-state index contributed by atoms with van der Waals surface area (Å²) in [5.74, 6) is -11.1. The Morgan fingerprint density at radius 1 is 1.11 bits per heavy atom. The molecule has 6 atom stereocenters. The van der Waals surface area contributed by atoms with E-state index in [0.717, 1.165) is 5.56 Å². The van der Waals surface area contributed by atoms with E-state index >= 15 is 0 Å². The Morgan fingerprint density at radius 2 is 1.77 bits per heavy atom. The minimum atomic E-state index is -2.67. The zero-order valence-corrected chi connectivity index (χ0v) is 20.3. The number of phenols is 1. The van der Waals surface area contributed by atoms with Gasteiger partial charge < -0.3 is 15.9 Å². The Morgan fingerprint density at radius 3 is 2.34 bits per heavy atom. The topological polar surface area (TPSA) is 152 Å². The van der Waals surface area contributed by atoms with Crippen LogP contribution in [-0.4, -0.2) is 44.9 Å². The number of hydrogen-bond acceptors (Lipinski definition) is 7. The van der Waals surface area contributed by atoms with E-state index < -0.39 is 64.2 Å². The number of nitrogens with two attached hydrogens (primary N) is 1. The SMILES string of the molecule is CC(C)/C=C/c1ccc(O)c2c1C[C@H]1C[C@H]3[C@H](C(C)C)C(=O)C(C(N)=O)C(=O)[C@@]3(O)C(=O)C1C2=O. The van der Waals surface area contributed by atoms with E-state index in [4.69, 9.17) is 5.73 Å². The number of ketones is 4. The largest absolute Gasteiger partial charge is 0.507 e. The molecule has 2 fully saturated rings. The molecular formula is C27H31NO7. The van der Waals surface area contributed by atoms with E-state index in [1.165, 1.54) is 6.07 Å². The number of carbonyl (C=O) groups excluding carboxylic acids is 5. The number of allylic oxidation sites excluding steroid dienone is 1. The van der Waals surface area contributed by atoms with Gasteiger partial charge in [-0.3, -0.25) is 24.0 Å². The summed E-state index contributed by atoms with van der Waals surface area (Å²) >= 11 is 0. The molecule has 1 aromatic carbocycles. The molecule has 0 saturated heterocycles. The monoisotopic (exact) mass is 481 g/mol. The highest BCUT2D eigenvalue weighted by atomic mass is 16.3. The van der Waals surface area contributed by atoms with Crippen LogP contribution in [0.5, 0.6) is 5.75 Å². The van der Waals surface area contributed by atoms with Crippen molar-refractivity contribution in [2.24, 2.45) is 47.2 Å². The van der Waals surface area contributed by atoms with Crippen molar-refractivity contribution in [3.05, 3.63) is 34.9 Å². The third kappa shape index (κ3) is 3.57. The van der Waals surface area contributed by atoms with Crippen molar-refractivity contribution >= 4 is 35.1 Å². The van der Waals surface area contributed by atoms with Gasteiger partial charge in [-0.1, -0.05) is 45.9 Å². The smallest absolute Gasteiger partial charge is 0.235 e. The lowest BCUT2D eigenvalue weighted by Crippen LogP contribution is -2.71. The Balaban J connectivity index is 1.86. The van der Waals surface area contributed by atoms with Crippen LogP contribution in [-0.2, 0) is 25.6 Å². The van der Waals surface area contributed by atoms with Gasteiger partial charge in [0, 0.05) is 11.8 Å². The number of Topliss-reactive ketones (excluding diaryl/α,β-unsaturated/α-hetero) is 4. The molecular weight excluding hydrogens is 450 g/mol. The number of hydrogen-bond donors (Lipinski definition) is 3. The van der Waals surface area contributed by atoms with Crippen LogP contribution in [0.2, 0.25) is 0 Å². The zero-order chi connectivity index (χ0) is 26.0. The number of phenolic OH excluding ortho intramolecular Hbond substituents is 1. The molecule has 8 heteroatoms. The van der Waals surface area contributed by atoms with Gasteiger partial charge in [0.25, 0.3) is 0 Å². The fraction of sp³-hybridized carbons (Fsp3) is 0.519. The standard InChI is InChI=1S/C27H31NO7/c1-11(2)5-6-13-7-8-17(29)20-15(13)9-14-10-16-18(12(3)4)22(30)21(26(28)34)25(33)27(16,35)24(32)19(14)23(20)31/h5-8,11-12,14,16,18-19,21,29,35H,9-10H2,1-4H3,(H2,28,34)/b6-5+/t14-,16-,18-,19?,21?,27-/m0/s1. The quantitative estimate of drug-likeness (QED) is 0.555. The molecule has 2 saturated carbocycles. The van der Waals surface area contributed by atoms with Crippen LogP contribution in [0.15, 0.2) is 18.2 Å². The summed E-state index contributed by atoms with van der Waals surface area (Å²) in [6, 6.07) is 3.11. The van der Waals surface area contributed by atoms with E-state index in [0.29, 0.717) is 5.56 Å². The van der Waals surface area contributed by atoms with Crippen molar-refractivity contribution < 1.29 is 34.2 Å². The van der Waals surface area contributed by atoms with Gasteiger partial charge in [-0.25, -0.2) is 0 Å². The maximum absolute atomic E-state index is 13.7. The second-order valence-corrected chi connectivity index (χ2v) is 10.8. The second-order valence-electron chi connectivity index (χ2n) is 10.8. The van der Waals surface area contributed by atoms with Crippen molar-refractivity contribution in [3.63, 3.8) is 0 Å². The molecule has 1 amide bonds. The first-order valence-corrected chi connectivity index (χ1v) is 12.0. The van der Waals surface area contributed by atoms with Crippen LogP contribution in [0.25, 0.3) is 6.08 Å². The molecule has 0 bridgehead atoms. The first-order chi connectivity index (χ1) is 16.3. The highest BCUT2D eigenvalue weighted by Gasteiger charge is 2.69. The predicted octanol–water partition coefficient (Wildman–Crippen LogP) is 1.88. The number of carbonyl (C=O) groups is 5. The molecule has 2 unspecified atom stereocenters. The maximum atomic E-state index is 13.7. The first-order valence-electron chi connectivity index (χ1n) is 12.0. The average molecular weight is 482 g/mol. The Kier molecular flexibility index (Phi) is 6.08. The third-order valence-electron chi connectivity index (χ3n) is 7.89. The van der Waals surface area contributed by atoms with Crippen LogP contribution < -0.4 is 5.73 Å². The van der Waals surface area contributed by atoms with Crippen LogP contribution >= 0.6 is 0 Å². The van der Waals surface area contributed by atoms with Crippen molar-refractivity contribution in [1.82, 2.24) is 0 Å². The van der Waals surface area contributed by atoms with E-state index in [1.54, 1.807) is 19.9 Å². The Labute approximate surface area is 203 Å². The molecule has 0 spiro atoms. The highest BCUT2D eigenvalue weighted by Crippen LogP contribution is 2.53. The van der Waals surface area contributed by atoms with E-state index in [9.17, 15) is 34.2 Å². The molecule has 1 aromatic rings. The van der Waals surface area contributed by atoms with Gasteiger partial charge in [0.1, 0.15) is 5.75 Å². The third-order valence-corrected chi connectivity index (χ3v) is 7.89. The minimum absolute atomic E-state index is 0.0127. The lowest BCUT2D eigenvalue weighted by atomic mass is 9.49. The van der Waals surface area contributed by atoms with Crippen molar-refractivity contribution in [1.29, 1.82) is 0 Å². The van der Waals surface area contributed by atoms with Crippen LogP contribution in [0, 0.1) is 41.4 Å². The number of amides is 1.